The molecule has 2 atom stereocenters. The third kappa shape index (κ3) is 3.08. The van der Waals surface area contributed by atoms with Gasteiger partial charge in [0, 0.05) is 5.02 Å². The number of aliphatic hydroxyl groups excluding tert-OH is 1. The normalized spacial score (nSPS) is 19.1. The van der Waals surface area contributed by atoms with Crippen LogP contribution in [-0.4, -0.2) is 11.2 Å². The summed E-state index contributed by atoms with van der Waals surface area (Å²) in [6, 6.07) is 7.08. The first kappa shape index (κ1) is 12.8. The van der Waals surface area contributed by atoms with Gasteiger partial charge in [-0.05, 0) is 36.5 Å². The summed E-state index contributed by atoms with van der Waals surface area (Å²) in [5.74, 6) is 0.393. The molecule has 0 unspecified atom stereocenters. The van der Waals surface area contributed by atoms with Gasteiger partial charge in [-0.1, -0.05) is 23.7 Å². The van der Waals surface area contributed by atoms with Gasteiger partial charge >= 0.3 is 0 Å². The Kier molecular flexibility index (Phi) is 4.41. The minimum Gasteiger partial charge on any atom is -0.391 e. The molecule has 0 bridgehead atoms. The second-order valence-corrected chi connectivity index (χ2v) is 4.35. The maximum absolute atomic E-state index is 9.83. The fourth-order valence-corrected chi connectivity index (χ4v) is 1.84. The predicted molar refractivity (Wildman–Crippen MR) is 64.4 cm³/mol. The molecule has 2 rings (SSSR count). The van der Waals surface area contributed by atoms with Gasteiger partial charge in [-0.25, -0.2) is 0 Å². The van der Waals surface area contributed by atoms with E-state index in [4.69, 9.17) is 17.3 Å². The van der Waals surface area contributed by atoms with Gasteiger partial charge in [0.05, 0.1) is 12.1 Å². The number of rotatable bonds is 3. The molecule has 0 aliphatic heterocycles. The molecule has 1 aliphatic carbocycles. The van der Waals surface area contributed by atoms with Crippen molar-refractivity contribution in [2.24, 2.45) is 11.7 Å². The summed E-state index contributed by atoms with van der Waals surface area (Å²) in [6.45, 7) is 0. The first-order valence-corrected chi connectivity index (χ1v) is 5.25. The Morgan fingerprint density at radius 1 is 1.40 bits per heavy atom. The Bertz CT molecular complexity index is 328. The van der Waals surface area contributed by atoms with Crippen LogP contribution in [0, 0.1) is 5.92 Å². The van der Waals surface area contributed by atoms with E-state index < -0.39 is 6.10 Å². The van der Waals surface area contributed by atoms with Crippen LogP contribution in [0.3, 0.4) is 0 Å². The molecular formula is C11H15Cl2NO. The van der Waals surface area contributed by atoms with Gasteiger partial charge in [-0.15, -0.1) is 12.4 Å². The highest BCUT2D eigenvalue weighted by Crippen LogP contribution is 2.37. The quantitative estimate of drug-likeness (QED) is 0.863. The summed E-state index contributed by atoms with van der Waals surface area (Å²) < 4.78 is 0. The van der Waals surface area contributed by atoms with Gasteiger partial charge in [0.25, 0.3) is 0 Å². The van der Waals surface area contributed by atoms with E-state index in [0.717, 1.165) is 18.4 Å². The highest BCUT2D eigenvalue weighted by Gasteiger charge is 2.34. The summed E-state index contributed by atoms with van der Waals surface area (Å²) in [5.41, 5.74) is 6.85. The molecule has 1 saturated carbocycles. The van der Waals surface area contributed by atoms with Crippen LogP contribution in [0.15, 0.2) is 24.3 Å². The standard InChI is InChI=1S/C11H14ClNO.ClH/c12-9-3-1-2-8(6-9)10(13)11(14)7-4-5-7;/h1-3,6-7,10-11,14H,4-5,13H2;1H/t10-,11+;/m0./s1. The van der Waals surface area contributed by atoms with E-state index in [1.165, 1.54) is 0 Å². The van der Waals surface area contributed by atoms with Gasteiger partial charge in [0.2, 0.25) is 0 Å². The monoisotopic (exact) mass is 247 g/mol. The zero-order chi connectivity index (χ0) is 10.1. The van der Waals surface area contributed by atoms with Gasteiger partial charge in [0.1, 0.15) is 0 Å². The largest absolute Gasteiger partial charge is 0.391 e. The van der Waals surface area contributed by atoms with Crippen molar-refractivity contribution in [2.75, 3.05) is 0 Å². The summed E-state index contributed by atoms with van der Waals surface area (Å²) in [7, 11) is 0. The molecule has 4 heteroatoms. The van der Waals surface area contributed by atoms with E-state index >= 15 is 0 Å². The Morgan fingerprint density at radius 2 is 2.07 bits per heavy atom. The maximum atomic E-state index is 9.83. The zero-order valence-corrected chi connectivity index (χ0v) is 9.84. The summed E-state index contributed by atoms with van der Waals surface area (Å²) in [4.78, 5) is 0. The zero-order valence-electron chi connectivity index (χ0n) is 8.27. The number of nitrogens with two attached hydrogens (primary N) is 1. The van der Waals surface area contributed by atoms with E-state index in [9.17, 15) is 5.11 Å². The van der Waals surface area contributed by atoms with Gasteiger partial charge in [-0.3, -0.25) is 0 Å². The van der Waals surface area contributed by atoms with Crippen LogP contribution in [0.2, 0.25) is 5.02 Å². The number of hydrogen-bond donors (Lipinski definition) is 2. The second kappa shape index (κ2) is 5.17. The van der Waals surface area contributed by atoms with Crippen molar-refractivity contribution in [1.29, 1.82) is 0 Å². The number of aliphatic hydroxyl groups is 1. The van der Waals surface area contributed by atoms with E-state index in [2.05, 4.69) is 0 Å². The van der Waals surface area contributed by atoms with Crippen molar-refractivity contribution in [1.82, 2.24) is 0 Å². The maximum Gasteiger partial charge on any atom is 0.0760 e. The van der Waals surface area contributed by atoms with Crippen LogP contribution in [0.4, 0.5) is 0 Å². The topological polar surface area (TPSA) is 46.2 Å². The second-order valence-electron chi connectivity index (χ2n) is 3.91. The minimum atomic E-state index is -0.423. The minimum absolute atomic E-state index is 0. The molecule has 0 aromatic heterocycles. The molecule has 0 amide bonds. The highest BCUT2D eigenvalue weighted by atomic mass is 35.5. The molecule has 15 heavy (non-hydrogen) atoms. The number of benzene rings is 1. The first-order valence-electron chi connectivity index (χ1n) is 4.87. The van der Waals surface area contributed by atoms with Crippen molar-refractivity contribution >= 4 is 24.0 Å². The molecule has 0 spiro atoms. The molecule has 2 nitrogen and oxygen atoms in total. The molecule has 3 N–H and O–H groups in total. The Balaban J connectivity index is 0.00000112. The lowest BCUT2D eigenvalue weighted by Crippen LogP contribution is -2.27. The van der Waals surface area contributed by atoms with Crippen molar-refractivity contribution in [2.45, 2.75) is 25.0 Å². The fourth-order valence-electron chi connectivity index (χ4n) is 1.64. The molecular weight excluding hydrogens is 233 g/mol. The van der Waals surface area contributed by atoms with Crippen LogP contribution >= 0.6 is 24.0 Å². The van der Waals surface area contributed by atoms with Gasteiger partial charge < -0.3 is 10.8 Å². The molecule has 1 fully saturated rings. The lowest BCUT2D eigenvalue weighted by molar-refractivity contribution is 0.122. The average molecular weight is 248 g/mol. The van der Waals surface area contributed by atoms with E-state index in [1.807, 2.05) is 18.2 Å². The van der Waals surface area contributed by atoms with Gasteiger partial charge in [0.15, 0.2) is 0 Å². The van der Waals surface area contributed by atoms with Crippen molar-refractivity contribution < 1.29 is 5.11 Å². The molecule has 1 aromatic rings. The Labute approximate surface area is 101 Å². The van der Waals surface area contributed by atoms with Crippen LogP contribution in [0.1, 0.15) is 24.4 Å². The third-order valence-electron chi connectivity index (χ3n) is 2.71. The molecule has 84 valence electrons. The highest BCUT2D eigenvalue weighted by molar-refractivity contribution is 6.30. The van der Waals surface area contributed by atoms with Crippen molar-refractivity contribution in [3.8, 4) is 0 Å². The van der Waals surface area contributed by atoms with E-state index in [1.54, 1.807) is 6.07 Å². The smallest absolute Gasteiger partial charge is 0.0760 e. The summed E-state index contributed by atoms with van der Waals surface area (Å²) in [5, 5.41) is 10.5. The van der Waals surface area contributed by atoms with Crippen molar-refractivity contribution in [3.63, 3.8) is 0 Å². The van der Waals surface area contributed by atoms with Crippen molar-refractivity contribution in [3.05, 3.63) is 34.9 Å². The van der Waals surface area contributed by atoms with E-state index in [-0.39, 0.29) is 18.4 Å². The number of hydrogen-bond acceptors (Lipinski definition) is 2. The van der Waals surface area contributed by atoms with Crippen LogP contribution in [0.5, 0.6) is 0 Å². The Morgan fingerprint density at radius 3 is 2.60 bits per heavy atom. The molecule has 0 saturated heterocycles. The average Bonchev–Trinajstić information content (AvgIpc) is 2.99. The van der Waals surface area contributed by atoms with E-state index in [0.29, 0.717) is 10.9 Å². The molecule has 1 aromatic carbocycles. The van der Waals surface area contributed by atoms with Crippen LogP contribution < -0.4 is 5.73 Å². The van der Waals surface area contributed by atoms with Crippen LogP contribution in [-0.2, 0) is 0 Å². The predicted octanol–water partition coefficient (Wildman–Crippen LogP) is 2.53. The van der Waals surface area contributed by atoms with Crippen LogP contribution in [0.25, 0.3) is 0 Å². The molecule has 1 aliphatic rings. The fraction of sp³-hybridized carbons (Fsp3) is 0.455. The third-order valence-corrected chi connectivity index (χ3v) is 2.94. The first-order chi connectivity index (χ1) is 6.68. The lowest BCUT2D eigenvalue weighted by Gasteiger charge is -2.18. The lowest BCUT2D eigenvalue weighted by atomic mass is 9.99. The molecule has 0 heterocycles. The Hall–Kier alpha value is -0.280. The summed E-state index contributed by atoms with van der Waals surface area (Å²) in [6.07, 6.45) is 1.76. The molecule has 0 radical (unpaired) electrons. The van der Waals surface area contributed by atoms with Gasteiger partial charge in [-0.2, -0.15) is 0 Å². The summed E-state index contributed by atoms with van der Waals surface area (Å²) >= 11 is 5.85. The number of halogens is 2. The SMILES string of the molecule is Cl.N[C@@H](c1cccc(Cl)c1)[C@H](O)C1CC1.